The number of hydrogen-bond donors (Lipinski definition) is 1. The molecule has 0 saturated carbocycles. The zero-order valence-corrected chi connectivity index (χ0v) is 17.3. The minimum atomic E-state index is -3.36. The Morgan fingerprint density at radius 3 is 1.67 bits per heavy atom. The molecule has 0 unspecified atom stereocenters. The highest BCUT2D eigenvalue weighted by Gasteiger charge is 2.34. The van der Waals surface area contributed by atoms with Gasteiger partial charge in [0.1, 0.15) is 0 Å². The van der Waals surface area contributed by atoms with Crippen LogP contribution in [0.25, 0.3) is 0 Å². The van der Waals surface area contributed by atoms with Crippen molar-refractivity contribution in [2.75, 3.05) is 45.9 Å². The van der Waals surface area contributed by atoms with Gasteiger partial charge in [-0.05, 0) is 12.8 Å². The number of aliphatic hydroxyl groups is 1. The van der Waals surface area contributed by atoms with Gasteiger partial charge in [0.15, 0.2) is 11.6 Å². The van der Waals surface area contributed by atoms with Crippen LogP contribution in [0.5, 0.6) is 0 Å². The summed E-state index contributed by atoms with van der Waals surface area (Å²) in [4.78, 5) is 0. The standard InChI is InChI=1S/C8H16O5S.C7H14O3.C2H6.CH4/c1-3-8(11-6-7-12-8)4-5-13-14(2,9)10;1-2-7(3-4-8)9-5-6-10-7;1-2;/h3-7H2,1-2H3;8H,2-6H2,1H3;1-2H3;1H4/i;;1D;. The van der Waals surface area contributed by atoms with Crippen molar-refractivity contribution in [1.29, 1.82) is 0 Å². The molecule has 0 aromatic rings. The summed E-state index contributed by atoms with van der Waals surface area (Å²) in [5, 5.41) is 8.66. The topological polar surface area (TPSA) is 101 Å². The van der Waals surface area contributed by atoms with Crippen LogP contribution in [0.4, 0.5) is 0 Å². The molecule has 2 aliphatic rings. The van der Waals surface area contributed by atoms with E-state index in [-0.39, 0.29) is 20.6 Å². The summed E-state index contributed by atoms with van der Waals surface area (Å²) >= 11 is 0. The maximum absolute atomic E-state index is 10.7. The van der Waals surface area contributed by atoms with Gasteiger partial charge in [-0.15, -0.1) is 0 Å². The molecule has 0 aromatic heterocycles. The van der Waals surface area contributed by atoms with Crippen LogP contribution >= 0.6 is 0 Å². The number of rotatable bonds is 8. The second kappa shape index (κ2) is 14.7. The highest BCUT2D eigenvalue weighted by Crippen LogP contribution is 2.27. The Morgan fingerprint density at radius 1 is 1.00 bits per heavy atom. The van der Waals surface area contributed by atoms with E-state index in [9.17, 15) is 8.42 Å². The molecular weight excluding hydrogens is 376 g/mol. The molecule has 0 bridgehead atoms. The molecule has 2 heterocycles. The average molecular weight is 418 g/mol. The van der Waals surface area contributed by atoms with Crippen LogP contribution < -0.4 is 0 Å². The van der Waals surface area contributed by atoms with Crippen molar-refractivity contribution in [2.45, 2.75) is 72.4 Å². The van der Waals surface area contributed by atoms with E-state index in [2.05, 4.69) is 4.18 Å². The molecule has 8 nitrogen and oxygen atoms in total. The lowest BCUT2D eigenvalue weighted by atomic mass is 10.1. The zero-order valence-electron chi connectivity index (χ0n) is 17.5. The molecule has 9 heteroatoms. The largest absolute Gasteiger partial charge is 0.396 e. The lowest BCUT2D eigenvalue weighted by molar-refractivity contribution is -0.168. The van der Waals surface area contributed by atoms with Crippen molar-refractivity contribution >= 4 is 10.1 Å². The molecular formula is C18H40O8S. The quantitative estimate of drug-likeness (QED) is 0.602. The van der Waals surface area contributed by atoms with Gasteiger partial charge in [0, 0.05) is 20.8 Å². The van der Waals surface area contributed by atoms with Crippen LogP contribution in [0.15, 0.2) is 0 Å². The fraction of sp³-hybridized carbons (Fsp3) is 1.00. The Kier molecular flexibility index (Phi) is 14.5. The van der Waals surface area contributed by atoms with Crippen LogP contribution in [-0.4, -0.2) is 71.0 Å². The van der Waals surface area contributed by atoms with Crippen molar-refractivity contribution in [3.8, 4) is 0 Å². The fourth-order valence-electron chi connectivity index (χ4n) is 2.56. The van der Waals surface area contributed by atoms with Crippen LogP contribution in [0.1, 0.15) is 62.2 Å². The van der Waals surface area contributed by atoms with Gasteiger partial charge in [-0.1, -0.05) is 35.1 Å². The van der Waals surface area contributed by atoms with E-state index in [1.54, 1.807) is 6.92 Å². The molecule has 0 aliphatic carbocycles. The van der Waals surface area contributed by atoms with Crippen LogP contribution in [-0.2, 0) is 33.2 Å². The molecule has 2 aliphatic heterocycles. The Hall–Kier alpha value is -0.290. The van der Waals surface area contributed by atoms with Crippen molar-refractivity contribution in [3.63, 3.8) is 0 Å². The molecule has 0 amide bonds. The molecule has 1 N–H and O–H groups in total. The number of aliphatic hydroxyl groups excluding tert-OH is 1. The molecule has 27 heavy (non-hydrogen) atoms. The highest BCUT2D eigenvalue weighted by atomic mass is 32.2. The van der Waals surface area contributed by atoms with Gasteiger partial charge in [-0.2, -0.15) is 8.42 Å². The van der Waals surface area contributed by atoms with Gasteiger partial charge in [0.25, 0.3) is 10.1 Å². The van der Waals surface area contributed by atoms with E-state index < -0.39 is 21.7 Å². The Balaban J connectivity index is 0. The van der Waals surface area contributed by atoms with Crippen LogP contribution in [0.3, 0.4) is 0 Å². The summed E-state index contributed by atoms with van der Waals surface area (Å²) in [7, 11) is -3.36. The summed E-state index contributed by atoms with van der Waals surface area (Å²) in [6.45, 7) is 8.91. The Bertz CT molecular complexity index is 460. The molecule has 0 radical (unpaired) electrons. The second-order valence-electron chi connectivity index (χ2n) is 5.67. The monoisotopic (exact) mass is 417 g/mol. The van der Waals surface area contributed by atoms with Gasteiger partial charge in [-0.25, -0.2) is 0 Å². The SMILES string of the molecule is C.CCC1(CCO)OCCO1.CCC1(CCOS(C)(=O)=O)OCCO1.[2H]CC. The van der Waals surface area contributed by atoms with Gasteiger partial charge < -0.3 is 24.1 Å². The first-order valence-electron chi connectivity index (χ1n) is 9.73. The van der Waals surface area contributed by atoms with Crippen molar-refractivity contribution in [1.82, 2.24) is 0 Å². The van der Waals surface area contributed by atoms with E-state index in [1.807, 2.05) is 13.8 Å². The van der Waals surface area contributed by atoms with Crippen molar-refractivity contribution in [2.24, 2.45) is 0 Å². The third-order valence-electron chi connectivity index (χ3n) is 3.98. The zero-order chi connectivity index (χ0) is 20.8. The fourth-order valence-corrected chi connectivity index (χ4v) is 2.95. The van der Waals surface area contributed by atoms with E-state index in [0.717, 1.165) is 12.7 Å². The lowest BCUT2D eigenvalue weighted by Crippen LogP contribution is -2.31. The minimum absolute atomic E-state index is 0. The molecule has 0 spiro atoms. The lowest BCUT2D eigenvalue weighted by Gasteiger charge is -2.25. The number of hydrogen-bond acceptors (Lipinski definition) is 8. The summed E-state index contributed by atoms with van der Waals surface area (Å²) in [6, 6.07) is 0. The van der Waals surface area contributed by atoms with Crippen molar-refractivity contribution in [3.05, 3.63) is 0 Å². The van der Waals surface area contributed by atoms with E-state index >= 15 is 0 Å². The second-order valence-corrected chi connectivity index (χ2v) is 7.32. The molecule has 2 fully saturated rings. The molecule has 2 saturated heterocycles. The summed E-state index contributed by atoms with van der Waals surface area (Å²) in [5.74, 6) is -1.10. The van der Waals surface area contributed by atoms with Gasteiger partial charge in [0.2, 0.25) is 0 Å². The van der Waals surface area contributed by atoms with Gasteiger partial charge >= 0.3 is 0 Å². The molecule has 2 rings (SSSR count). The number of ether oxygens (including phenoxy) is 4. The van der Waals surface area contributed by atoms with E-state index in [0.29, 0.717) is 52.6 Å². The smallest absolute Gasteiger partial charge is 0.264 e. The normalized spacial score (nSPS) is 20.4. The Labute approximate surface area is 167 Å². The van der Waals surface area contributed by atoms with Gasteiger partial charge in [-0.3, -0.25) is 4.18 Å². The van der Waals surface area contributed by atoms with E-state index in [1.165, 1.54) is 0 Å². The Morgan fingerprint density at radius 2 is 1.37 bits per heavy atom. The summed E-state index contributed by atoms with van der Waals surface area (Å²) < 4.78 is 53.7. The van der Waals surface area contributed by atoms with Crippen LogP contribution in [0.2, 0.25) is 0 Å². The summed E-state index contributed by atoms with van der Waals surface area (Å²) in [6.07, 6.45) is 3.57. The van der Waals surface area contributed by atoms with E-state index in [4.69, 9.17) is 25.4 Å². The third-order valence-corrected chi connectivity index (χ3v) is 4.57. The summed E-state index contributed by atoms with van der Waals surface area (Å²) in [5.41, 5.74) is 0. The predicted octanol–water partition coefficient (Wildman–Crippen LogP) is 2.69. The first-order valence-corrected chi connectivity index (χ1v) is 10.8. The molecule has 166 valence electrons. The van der Waals surface area contributed by atoms with Crippen LogP contribution in [0, 0.1) is 0 Å². The first kappa shape index (κ1) is 26.7. The first-order chi connectivity index (χ1) is 12.7. The van der Waals surface area contributed by atoms with Gasteiger partial charge in [0.05, 0.1) is 39.3 Å². The highest BCUT2D eigenvalue weighted by molar-refractivity contribution is 7.85. The molecule has 0 aromatic carbocycles. The molecule has 0 atom stereocenters. The van der Waals surface area contributed by atoms with Crippen molar-refractivity contribution < 1.29 is 38.0 Å². The maximum atomic E-state index is 10.7. The predicted molar refractivity (Wildman–Crippen MR) is 105 cm³/mol. The maximum Gasteiger partial charge on any atom is 0.264 e. The minimum Gasteiger partial charge on any atom is -0.396 e. The third kappa shape index (κ3) is 11.3. The average Bonchev–Trinajstić information content (AvgIpc) is 3.26.